The van der Waals surface area contributed by atoms with E-state index in [1.54, 1.807) is 11.3 Å². The molecule has 0 aromatic carbocycles. The van der Waals surface area contributed by atoms with Gasteiger partial charge in [-0.3, -0.25) is 0 Å². The first kappa shape index (κ1) is 14.3. The minimum Gasteiger partial charge on any atom is -0.370 e. The molecule has 0 amide bonds. The van der Waals surface area contributed by atoms with Crippen LogP contribution in [0.3, 0.4) is 0 Å². The van der Waals surface area contributed by atoms with Crippen molar-refractivity contribution in [3.05, 3.63) is 39.0 Å². The number of anilines is 2. The molecular formula is C14H18BrN3S. The Bertz CT molecular complexity index is 513. The summed E-state index contributed by atoms with van der Waals surface area (Å²) in [5.74, 6) is 1.86. The van der Waals surface area contributed by atoms with E-state index in [9.17, 15) is 0 Å². The number of pyridine rings is 1. The van der Waals surface area contributed by atoms with E-state index in [-0.39, 0.29) is 0 Å². The van der Waals surface area contributed by atoms with Crippen molar-refractivity contribution in [1.82, 2.24) is 4.98 Å². The molecule has 0 radical (unpaired) electrons. The fourth-order valence-corrected chi connectivity index (χ4v) is 3.17. The van der Waals surface area contributed by atoms with Crippen LogP contribution in [0.15, 0.2) is 34.1 Å². The van der Waals surface area contributed by atoms with E-state index in [4.69, 9.17) is 0 Å². The Balaban J connectivity index is 1.82. The van der Waals surface area contributed by atoms with Crippen LogP contribution >= 0.6 is 27.3 Å². The average molecular weight is 340 g/mol. The Kier molecular flexibility index (Phi) is 5.66. The van der Waals surface area contributed by atoms with Crippen molar-refractivity contribution in [2.24, 2.45) is 0 Å². The fraction of sp³-hybridized carbons (Fsp3) is 0.357. The standard InChI is InChI=1S/C14H18BrN3S/c1-2-9-16-13-4-3-5-14(18-13)17-10-8-11-6-7-12(15)19-11/h3-7H,2,8-10H2,1H3,(H2,16,17,18). The molecule has 2 aromatic rings. The zero-order valence-electron chi connectivity index (χ0n) is 10.9. The first-order valence-electron chi connectivity index (χ1n) is 6.47. The van der Waals surface area contributed by atoms with Gasteiger partial charge in [-0.1, -0.05) is 13.0 Å². The van der Waals surface area contributed by atoms with E-state index >= 15 is 0 Å². The maximum atomic E-state index is 4.52. The lowest BCUT2D eigenvalue weighted by Gasteiger charge is -2.08. The predicted octanol–water partition coefficient (Wildman–Crippen LogP) is 4.38. The number of nitrogens with zero attached hydrogens (tertiary/aromatic N) is 1. The number of nitrogens with one attached hydrogen (secondary N) is 2. The Hall–Kier alpha value is -1.07. The molecule has 0 atom stereocenters. The zero-order valence-corrected chi connectivity index (χ0v) is 13.4. The first-order chi connectivity index (χ1) is 9.28. The van der Waals surface area contributed by atoms with Crippen LogP contribution in [0.2, 0.25) is 0 Å². The summed E-state index contributed by atoms with van der Waals surface area (Å²) in [6.07, 6.45) is 2.12. The summed E-state index contributed by atoms with van der Waals surface area (Å²) in [5.41, 5.74) is 0. The van der Waals surface area contributed by atoms with Gasteiger partial charge in [0.2, 0.25) is 0 Å². The largest absolute Gasteiger partial charge is 0.370 e. The summed E-state index contributed by atoms with van der Waals surface area (Å²) in [6, 6.07) is 10.3. The molecule has 2 heterocycles. The molecule has 0 saturated heterocycles. The van der Waals surface area contributed by atoms with Crippen LogP contribution in [0.25, 0.3) is 0 Å². The number of aromatic nitrogens is 1. The smallest absolute Gasteiger partial charge is 0.128 e. The van der Waals surface area contributed by atoms with Gasteiger partial charge < -0.3 is 10.6 Å². The van der Waals surface area contributed by atoms with Gasteiger partial charge in [0.1, 0.15) is 11.6 Å². The molecular weight excluding hydrogens is 322 g/mol. The van der Waals surface area contributed by atoms with Gasteiger partial charge >= 0.3 is 0 Å². The number of rotatable bonds is 7. The topological polar surface area (TPSA) is 37.0 Å². The van der Waals surface area contributed by atoms with Crippen molar-refractivity contribution < 1.29 is 0 Å². The van der Waals surface area contributed by atoms with Crippen LogP contribution in [0.4, 0.5) is 11.6 Å². The van der Waals surface area contributed by atoms with Gasteiger partial charge in [0.05, 0.1) is 3.79 Å². The van der Waals surface area contributed by atoms with E-state index in [1.807, 2.05) is 18.2 Å². The van der Waals surface area contributed by atoms with Crippen LogP contribution in [0.5, 0.6) is 0 Å². The second-order valence-electron chi connectivity index (χ2n) is 4.22. The highest BCUT2D eigenvalue weighted by Crippen LogP contribution is 2.22. The van der Waals surface area contributed by atoms with Gasteiger partial charge in [-0.25, -0.2) is 4.98 Å². The molecule has 0 saturated carbocycles. The van der Waals surface area contributed by atoms with E-state index in [1.165, 1.54) is 8.66 Å². The lowest BCUT2D eigenvalue weighted by Crippen LogP contribution is -2.07. The Morgan fingerprint density at radius 3 is 2.47 bits per heavy atom. The van der Waals surface area contributed by atoms with Gasteiger partial charge in [-0.05, 0) is 53.0 Å². The summed E-state index contributed by atoms with van der Waals surface area (Å²) in [7, 11) is 0. The quantitative estimate of drug-likeness (QED) is 0.785. The Labute approximate surface area is 126 Å². The van der Waals surface area contributed by atoms with Crippen molar-refractivity contribution in [1.29, 1.82) is 0 Å². The van der Waals surface area contributed by atoms with Crippen LogP contribution in [-0.2, 0) is 6.42 Å². The third-order valence-electron chi connectivity index (χ3n) is 2.61. The van der Waals surface area contributed by atoms with Crippen LogP contribution in [0, 0.1) is 0 Å². The van der Waals surface area contributed by atoms with Gasteiger partial charge in [0, 0.05) is 18.0 Å². The zero-order chi connectivity index (χ0) is 13.5. The van der Waals surface area contributed by atoms with Gasteiger partial charge in [-0.15, -0.1) is 11.3 Å². The molecule has 2 aromatic heterocycles. The van der Waals surface area contributed by atoms with Gasteiger partial charge in [-0.2, -0.15) is 0 Å². The summed E-state index contributed by atoms with van der Waals surface area (Å²) >= 11 is 5.26. The van der Waals surface area contributed by atoms with Gasteiger partial charge in [0.25, 0.3) is 0 Å². The van der Waals surface area contributed by atoms with Crippen molar-refractivity contribution in [3.63, 3.8) is 0 Å². The molecule has 19 heavy (non-hydrogen) atoms. The van der Waals surface area contributed by atoms with E-state index in [0.717, 1.165) is 37.6 Å². The lowest BCUT2D eigenvalue weighted by molar-refractivity contribution is 0.966. The number of thiophene rings is 1. The summed E-state index contributed by atoms with van der Waals surface area (Å²) in [5, 5.41) is 6.65. The molecule has 2 rings (SSSR count). The monoisotopic (exact) mass is 339 g/mol. The first-order valence-corrected chi connectivity index (χ1v) is 8.08. The summed E-state index contributed by atoms with van der Waals surface area (Å²) < 4.78 is 1.19. The molecule has 2 N–H and O–H groups in total. The SMILES string of the molecule is CCCNc1cccc(NCCc2ccc(Br)s2)n1. The second kappa shape index (κ2) is 7.50. The van der Waals surface area contributed by atoms with E-state index < -0.39 is 0 Å². The third-order valence-corrected chi connectivity index (χ3v) is 4.30. The molecule has 3 nitrogen and oxygen atoms in total. The molecule has 0 bridgehead atoms. The minimum absolute atomic E-state index is 0.900. The van der Waals surface area contributed by atoms with Crippen LogP contribution in [-0.4, -0.2) is 18.1 Å². The summed E-state index contributed by atoms with van der Waals surface area (Å²) in [4.78, 5) is 5.89. The Morgan fingerprint density at radius 2 is 1.84 bits per heavy atom. The van der Waals surface area contributed by atoms with Crippen LogP contribution in [0.1, 0.15) is 18.2 Å². The van der Waals surface area contributed by atoms with Gasteiger partial charge in [0.15, 0.2) is 0 Å². The van der Waals surface area contributed by atoms with Crippen molar-refractivity contribution in [2.45, 2.75) is 19.8 Å². The Morgan fingerprint density at radius 1 is 1.11 bits per heavy atom. The maximum Gasteiger partial charge on any atom is 0.128 e. The number of hydrogen-bond donors (Lipinski definition) is 2. The van der Waals surface area contributed by atoms with E-state index in [2.05, 4.69) is 50.6 Å². The molecule has 0 fully saturated rings. The van der Waals surface area contributed by atoms with Crippen molar-refractivity contribution >= 4 is 38.9 Å². The van der Waals surface area contributed by atoms with Crippen molar-refractivity contribution in [3.8, 4) is 0 Å². The highest BCUT2D eigenvalue weighted by atomic mass is 79.9. The molecule has 0 aliphatic carbocycles. The average Bonchev–Trinajstić information content (AvgIpc) is 2.83. The number of halogens is 1. The van der Waals surface area contributed by atoms with Crippen molar-refractivity contribution in [2.75, 3.05) is 23.7 Å². The molecule has 0 spiro atoms. The normalized spacial score (nSPS) is 10.4. The highest BCUT2D eigenvalue weighted by molar-refractivity contribution is 9.11. The number of hydrogen-bond acceptors (Lipinski definition) is 4. The highest BCUT2D eigenvalue weighted by Gasteiger charge is 1.99. The molecule has 0 aliphatic heterocycles. The maximum absolute atomic E-state index is 4.52. The molecule has 0 unspecified atom stereocenters. The van der Waals surface area contributed by atoms with Crippen LogP contribution < -0.4 is 10.6 Å². The molecule has 5 heteroatoms. The lowest BCUT2D eigenvalue weighted by atomic mass is 10.3. The fourth-order valence-electron chi connectivity index (χ4n) is 1.68. The van der Waals surface area contributed by atoms with E-state index in [0.29, 0.717) is 0 Å². The molecule has 102 valence electrons. The molecule has 0 aliphatic rings. The summed E-state index contributed by atoms with van der Waals surface area (Å²) in [6.45, 7) is 4.01. The predicted molar refractivity (Wildman–Crippen MR) is 87.2 cm³/mol. The minimum atomic E-state index is 0.900. The second-order valence-corrected chi connectivity index (χ2v) is 6.77. The third kappa shape index (κ3) is 4.84.